The van der Waals surface area contributed by atoms with Gasteiger partial charge in [0.05, 0.1) is 6.54 Å². The zero-order valence-corrected chi connectivity index (χ0v) is 17.7. The van der Waals surface area contributed by atoms with Crippen LogP contribution in [0.4, 0.5) is 4.79 Å². The van der Waals surface area contributed by atoms with Crippen LogP contribution in [0.1, 0.15) is 22.3 Å². The molecule has 31 heavy (non-hydrogen) atoms. The second-order valence-corrected chi connectivity index (χ2v) is 7.75. The Bertz CT molecular complexity index is 1140. The quantitative estimate of drug-likeness (QED) is 0.423. The molecule has 0 saturated carbocycles. The number of nitrogens with zero attached hydrogens (tertiary/aromatic N) is 1. The van der Waals surface area contributed by atoms with E-state index in [-0.39, 0.29) is 18.1 Å². The first-order chi connectivity index (χ1) is 15.0. The number of rotatable bonds is 6. The normalized spacial score (nSPS) is 14.8. The van der Waals surface area contributed by atoms with E-state index in [1.165, 1.54) is 10.5 Å². The molecule has 3 aromatic carbocycles. The highest BCUT2D eigenvalue weighted by atomic mass is 35.5. The predicted molar refractivity (Wildman–Crippen MR) is 120 cm³/mol. The highest BCUT2D eigenvalue weighted by molar-refractivity contribution is 6.30. The Morgan fingerprint density at radius 3 is 2.35 bits per heavy atom. The third kappa shape index (κ3) is 4.95. The van der Waals surface area contributed by atoms with Gasteiger partial charge in [-0.05, 0) is 42.3 Å². The molecule has 1 N–H and O–H groups in total. The fraction of sp³-hybridized carbons (Fsp3) is 0.120. The smallest absolute Gasteiger partial charge is 0.329 e. The maximum absolute atomic E-state index is 12.8. The fourth-order valence-corrected chi connectivity index (χ4v) is 3.35. The molecule has 5 nitrogen and oxygen atoms in total. The van der Waals surface area contributed by atoms with Gasteiger partial charge in [-0.1, -0.05) is 71.8 Å². The van der Waals surface area contributed by atoms with Crippen molar-refractivity contribution in [1.82, 2.24) is 10.2 Å². The zero-order valence-electron chi connectivity index (χ0n) is 17.0. The third-order valence-corrected chi connectivity index (χ3v) is 5.20. The minimum Gasteiger partial charge on any atom is -0.488 e. The summed E-state index contributed by atoms with van der Waals surface area (Å²) in [5.41, 5.74) is 3.98. The monoisotopic (exact) mass is 432 g/mol. The Morgan fingerprint density at radius 2 is 1.61 bits per heavy atom. The standard InChI is InChI=1S/C25H21ClN2O3/c1-17-6-8-19(9-7-17)16-31-23-5-3-2-4-20(23)14-22-24(29)28(25(30)27-22)15-18-10-12-21(26)13-11-18/h2-14H,15-16H2,1H3,(H,27,30). The zero-order chi connectivity index (χ0) is 21.8. The lowest BCUT2D eigenvalue weighted by Gasteiger charge is -2.12. The van der Waals surface area contributed by atoms with Gasteiger partial charge in [0.1, 0.15) is 18.1 Å². The van der Waals surface area contributed by atoms with Crippen molar-refractivity contribution in [3.8, 4) is 5.75 Å². The molecule has 0 spiro atoms. The number of hydrogen-bond acceptors (Lipinski definition) is 3. The molecule has 0 bridgehead atoms. The molecular weight excluding hydrogens is 412 g/mol. The number of carbonyl (C=O) groups is 2. The van der Waals surface area contributed by atoms with Crippen molar-refractivity contribution in [2.75, 3.05) is 0 Å². The van der Waals surface area contributed by atoms with Crippen molar-refractivity contribution in [3.05, 3.63) is 106 Å². The predicted octanol–water partition coefficient (Wildman–Crippen LogP) is 5.32. The summed E-state index contributed by atoms with van der Waals surface area (Å²) in [5, 5.41) is 3.26. The Morgan fingerprint density at radius 1 is 0.935 bits per heavy atom. The maximum atomic E-state index is 12.8. The fourth-order valence-electron chi connectivity index (χ4n) is 3.22. The highest BCUT2D eigenvalue weighted by Crippen LogP contribution is 2.24. The Hall–Kier alpha value is -3.57. The Kier molecular flexibility index (Phi) is 6.05. The molecule has 1 fully saturated rings. The number of amides is 3. The van der Waals surface area contributed by atoms with Crippen LogP contribution in [0.5, 0.6) is 5.75 Å². The van der Waals surface area contributed by atoms with Gasteiger partial charge in [-0.3, -0.25) is 9.69 Å². The van der Waals surface area contributed by atoms with Crippen LogP contribution in [0.15, 0.2) is 78.5 Å². The van der Waals surface area contributed by atoms with E-state index < -0.39 is 6.03 Å². The van der Waals surface area contributed by atoms with Crippen molar-refractivity contribution < 1.29 is 14.3 Å². The summed E-state index contributed by atoms with van der Waals surface area (Å²) >= 11 is 5.90. The SMILES string of the molecule is Cc1ccc(COc2ccccc2C=C2NC(=O)N(Cc3ccc(Cl)cc3)C2=O)cc1. The number of urea groups is 1. The van der Waals surface area contributed by atoms with Crippen molar-refractivity contribution in [1.29, 1.82) is 0 Å². The van der Waals surface area contributed by atoms with Gasteiger partial charge in [0.2, 0.25) is 0 Å². The van der Waals surface area contributed by atoms with Crippen LogP contribution >= 0.6 is 11.6 Å². The topological polar surface area (TPSA) is 58.6 Å². The first-order valence-corrected chi connectivity index (χ1v) is 10.2. The number of imide groups is 1. The van der Waals surface area contributed by atoms with Gasteiger partial charge >= 0.3 is 6.03 Å². The molecule has 6 heteroatoms. The Balaban J connectivity index is 1.50. The molecule has 3 aromatic rings. The number of halogens is 1. The van der Waals surface area contributed by atoms with Crippen LogP contribution in [0.3, 0.4) is 0 Å². The largest absolute Gasteiger partial charge is 0.488 e. The van der Waals surface area contributed by atoms with Gasteiger partial charge in [0.15, 0.2) is 0 Å². The summed E-state index contributed by atoms with van der Waals surface area (Å²) in [7, 11) is 0. The van der Waals surface area contributed by atoms with Crippen LogP contribution in [-0.2, 0) is 17.9 Å². The summed E-state index contributed by atoms with van der Waals surface area (Å²) < 4.78 is 5.97. The van der Waals surface area contributed by atoms with Crippen molar-refractivity contribution >= 4 is 29.6 Å². The first-order valence-electron chi connectivity index (χ1n) is 9.86. The van der Waals surface area contributed by atoms with E-state index in [0.717, 1.165) is 11.1 Å². The highest BCUT2D eigenvalue weighted by Gasteiger charge is 2.33. The van der Waals surface area contributed by atoms with Gasteiger partial charge in [0, 0.05) is 10.6 Å². The lowest BCUT2D eigenvalue weighted by molar-refractivity contribution is -0.123. The van der Waals surface area contributed by atoms with E-state index in [4.69, 9.17) is 16.3 Å². The summed E-state index contributed by atoms with van der Waals surface area (Å²) in [4.78, 5) is 26.4. The van der Waals surface area contributed by atoms with Gasteiger partial charge in [0.25, 0.3) is 5.91 Å². The van der Waals surface area contributed by atoms with Crippen LogP contribution in [0, 0.1) is 6.92 Å². The molecular formula is C25H21ClN2O3. The molecule has 0 unspecified atom stereocenters. The van der Waals surface area contributed by atoms with Crippen molar-refractivity contribution in [2.24, 2.45) is 0 Å². The number of carbonyl (C=O) groups excluding carboxylic acids is 2. The number of para-hydroxylation sites is 1. The van der Waals surface area contributed by atoms with E-state index in [1.54, 1.807) is 30.3 Å². The molecule has 156 valence electrons. The summed E-state index contributed by atoms with van der Waals surface area (Å²) in [5.74, 6) is 0.252. The van der Waals surface area contributed by atoms with E-state index in [2.05, 4.69) is 5.32 Å². The number of hydrogen-bond donors (Lipinski definition) is 1. The van der Waals surface area contributed by atoms with Gasteiger partial charge in [-0.15, -0.1) is 0 Å². The first kappa shape index (κ1) is 20.7. The lowest BCUT2D eigenvalue weighted by atomic mass is 10.1. The van der Waals surface area contributed by atoms with Gasteiger partial charge < -0.3 is 10.1 Å². The maximum Gasteiger partial charge on any atom is 0.329 e. The molecule has 0 atom stereocenters. The van der Waals surface area contributed by atoms with E-state index in [9.17, 15) is 9.59 Å². The summed E-state index contributed by atoms with van der Waals surface area (Å²) in [6.07, 6.45) is 1.65. The molecule has 0 radical (unpaired) electrons. The minimum absolute atomic E-state index is 0.171. The molecule has 3 amide bonds. The van der Waals surface area contributed by atoms with E-state index >= 15 is 0 Å². The Labute approximate surface area is 185 Å². The molecule has 4 rings (SSSR count). The molecule has 0 aliphatic carbocycles. The van der Waals surface area contributed by atoms with Crippen molar-refractivity contribution in [2.45, 2.75) is 20.1 Å². The molecule has 0 aromatic heterocycles. The second-order valence-electron chi connectivity index (χ2n) is 7.32. The number of ether oxygens (including phenoxy) is 1. The molecule has 1 aliphatic rings. The molecule has 1 heterocycles. The third-order valence-electron chi connectivity index (χ3n) is 4.95. The summed E-state index contributed by atoms with van der Waals surface area (Å²) in [6, 6.07) is 22.1. The number of benzene rings is 3. The van der Waals surface area contributed by atoms with E-state index in [1.807, 2.05) is 55.5 Å². The second kappa shape index (κ2) is 9.06. The molecule has 1 saturated heterocycles. The lowest BCUT2D eigenvalue weighted by Crippen LogP contribution is -2.30. The average Bonchev–Trinajstić information content (AvgIpc) is 3.03. The summed E-state index contributed by atoms with van der Waals surface area (Å²) in [6.45, 7) is 2.61. The van der Waals surface area contributed by atoms with Crippen LogP contribution < -0.4 is 10.1 Å². The van der Waals surface area contributed by atoms with E-state index in [0.29, 0.717) is 22.9 Å². The van der Waals surface area contributed by atoms with Gasteiger partial charge in [-0.25, -0.2) is 4.79 Å². The van der Waals surface area contributed by atoms with Gasteiger partial charge in [-0.2, -0.15) is 0 Å². The average molecular weight is 433 g/mol. The van der Waals surface area contributed by atoms with Crippen LogP contribution in [-0.4, -0.2) is 16.8 Å². The minimum atomic E-state index is -0.454. The van der Waals surface area contributed by atoms with Crippen molar-refractivity contribution in [3.63, 3.8) is 0 Å². The number of aryl methyl sites for hydroxylation is 1. The molecule has 1 aliphatic heterocycles. The number of nitrogens with one attached hydrogen (secondary N) is 1. The van der Waals surface area contributed by atoms with Crippen LogP contribution in [0.2, 0.25) is 5.02 Å². The van der Waals surface area contributed by atoms with Crippen LogP contribution in [0.25, 0.3) is 6.08 Å².